The molecular formula is C12H20Cl2N2. The predicted octanol–water partition coefficient (Wildman–Crippen LogP) is 3.04. The Morgan fingerprint density at radius 1 is 1.00 bits per heavy atom. The molecule has 0 unspecified atom stereocenters. The van der Waals surface area contributed by atoms with Crippen LogP contribution in [-0.2, 0) is 0 Å². The first-order chi connectivity index (χ1) is 6.95. The summed E-state index contributed by atoms with van der Waals surface area (Å²) in [7, 11) is 0. The molecule has 1 heterocycles. The van der Waals surface area contributed by atoms with Crippen LogP contribution in [0, 0.1) is 0 Å². The van der Waals surface area contributed by atoms with Gasteiger partial charge in [-0.25, -0.2) is 0 Å². The van der Waals surface area contributed by atoms with E-state index in [0.717, 1.165) is 6.54 Å². The van der Waals surface area contributed by atoms with Gasteiger partial charge in [0, 0.05) is 18.8 Å². The summed E-state index contributed by atoms with van der Waals surface area (Å²) in [5.74, 6) is 0. The van der Waals surface area contributed by atoms with Gasteiger partial charge < -0.3 is 10.2 Å². The van der Waals surface area contributed by atoms with Crippen molar-refractivity contribution in [3.63, 3.8) is 0 Å². The monoisotopic (exact) mass is 262 g/mol. The van der Waals surface area contributed by atoms with Crippen molar-refractivity contribution in [2.45, 2.75) is 12.8 Å². The molecule has 1 aromatic carbocycles. The number of anilines is 1. The SMILES string of the molecule is Cl.Cl.c1ccc(NCCN2CCCC2)cc1. The number of hydrogen-bond donors (Lipinski definition) is 1. The second-order valence-corrected chi connectivity index (χ2v) is 3.84. The van der Waals surface area contributed by atoms with E-state index in [0.29, 0.717) is 0 Å². The Kier molecular flexibility index (Phi) is 8.44. The summed E-state index contributed by atoms with van der Waals surface area (Å²) in [5.41, 5.74) is 1.23. The zero-order valence-electron chi connectivity index (χ0n) is 9.39. The van der Waals surface area contributed by atoms with Crippen LogP contribution in [0.2, 0.25) is 0 Å². The summed E-state index contributed by atoms with van der Waals surface area (Å²) in [6.45, 7) is 4.81. The third-order valence-corrected chi connectivity index (χ3v) is 2.73. The number of rotatable bonds is 4. The molecule has 0 radical (unpaired) electrons. The van der Waals surface area contributed by atoms with Crippen molar-refractivity contribution in [1.29, 1.82) is 0 Å². The second-order valence-electron chi connectivity index (χ2n) is 3.84. The molecule has 0 amide bonds. The van der Waals surface area contributed by atoms with Crippen LogP contribution in [0.1, 0.15) is 12.8 Å². The van der Waals surface area contributed by atoms with Gasteiger partial charge in [0.05, 0.1) is 0 Å². The smallest absolute Gasteiger partial charge is 0.0340 e. The molecule has 0 aliphatic carbocycles. The predicted molar refractivity (Wildman–Crippen MR) is 75.1 cm³/mol. The molecule has 0 bridgehead atoms. The van der Waals surface area contributed by atoms with E-state index in [2.05, 4.69) is 34.5 Å². The van der Waals surface area contributed by atoms with Crippen LogP contribution in [-0.4, -0.2) is 31.1 Å². The van der Waals surface area contributed by atoms with Gasteiger partial charge in [-0.05, 0) is 38.1 Å². The van der Waals surface area contributed by atoms with Crippen LogP contribution in [0.25, 0.3) is 0 Å². The van der Waals surface area contributed by atoms with Gasteiger partial charge in [0.2, 0.25) is 0 Å². The molecule has 2 rings (SSSR count). The molecule has 1 N–H and O–H groups in total. The van der Waals surface area contributed by atoms with E-state index in [1.54, 1.807) is 0 Å². The Labute approximate surface area is 110 Å². The number of para-hydroxylation sites is 1. The minimum absolute atomic E-state index is 0. The molecule has 0 spiro atoms. The van der Waals surface area contributed by atoms with E-state index in [1.165, 1.54) is 38.2 Å². The molecule has 1 aromatic rings. The molecule has 2 nitrogen and oxygen atoms in total. The van der Waals surface area contributed by atoms with Gasteiger partial charge in [-0.1, -0.05) is 18.2 Å². The number of nitrogens with one attached hydrogen (secondary N) is 1. The fourth-order valence-corrected chi connectivity index (χ4v) is 1.92. The van der Waals surface area contributed by atoms with Crippen LogP contribution in [0.5, 0.6) is 0 Å². The van der Waals surface area contributed by atoms with E-state index in [-0.39, 0.29) is 24.8 Å². The molecule has 1 aliphatic rings. The standard InChI is InChI=1S/C12H18N2.2ClH/c1-2-6-12(7-3-1)13-8-11-14-9-4-5-10-14;;/h1-3,6-7,13H,4-5,8-11H2;2*1H. The van der Waals surface area contributed by atoms with E-state index >= 15 is 0 Å². The fraction of sp³-hybridized carbons (Fsp3) is 0.500. The zero-order chi connectivity index (χ0) is 9.64. The summed E-state index contributed by atoms with van der Waals surface area (Å²) < 4.78 is 0. The van der Waals surface area contributed by atoms with Crippen molar-refractivity contribution in [3.8, 4) is 0 Å². The van der Waals surface area contributed by atoms with Gasteiger partial charge >= 0.3 is 0 Å². The normalized spacial score (nSPS) is 15.0. The highest BCUT2D eigenvalue weighted by atomic mass is 35.5. The Morgan fingerprint density at radius 3 is 2.25 bits per heavy atom. The number of halogens is 2. The molecule has 0 atom stereocenters. The fourth-order valence-electron chi connectivity index (χ4n) is 1.92. The van der Waals surface area contributed by atoms with Gasteiger partial charge in [0.15, 0.2) is 0 Å². The van der Waals surface area contributed by atoms with E-state index in [1.807, 2.05) is 6.07 Å². The van der Waals surface area contributed by atoms with Crippen molar-refractivity contribution >= 4 is 30.5 Å². The number of benzene rings is 1. The van der Waals surface area contributed by atoms with Gasteiger partial charge in [-0.3, -0.25) is 0 Å². The Balaban J connectivity index is 0.00000112. The average Bonchev–Trinajstić information content (AvgIpc) is 2.72. The Bertz CT molecular complexity index is 261. The molecule has 1 aliphatic heterocycles. The van der Waals surface area contributed by atoms with Crippen LogP contribution in [0.3, 0.4) is 0 Å². The summed E-state index contributed by atoms with van der Waals surface area (Å²) in [6.07, 6.45) is 2.76. The molecule has 4 heteroatoms. The molecule has 16 heavy (non-hydrogen) atoms. The van der Waals surface area contributed by atoms with Crippen molar-refractivity contribution in [2.24, 2.45) is 0 Å². The lowest BCUT2D eigenvalue weighted by Gasteiger charge is -2.15. The maximum absolute atomic E-state index is 3.43. The third-order valence-electron chi connectivity index (χ3n) is 2.73. The summed E-state index contributed by atoms with van der Waals surface area (Å²) in [5, 5.41) is 3.43. The van der Waals surface area contributed by atoms with E-state index in [9.17, 15) is 0 Å². The zero-order valence-corrected chi connectivity index (χ0v) is 11.0. The van der Waals surface area contributed by atoms with Crippen LogP contribution < -0.4 is 5.32 Å². The molecular weight excluding hydrogens is 243 g/mol. The number of hydrogen-bond acceptors (Lipinski definition) is 2. The van der Waals surface area contributed by atoms with Gasteiger partial charge in [-0.2, -0.15) is 0 Å². The maximum atomic E-state index is 3.43. The topological polar surface area (TPSA) is 15.3 Å². The average molecular weight is 263 g/mol. The second kappa shape index (κ2) is 8.68. The van der Waals surface area contributed by atoms with Gasteiger partial charge in [0.25, 0.3) is 0 Å². The highest BCUT2D eigenvalue weighted by Crippen LogP contribution is 2.07. The van der Waals surface area contributed by atoms with Crippen LogP contribution in [0.4, 0.5) is 5.69 Å². The third kappa shape index (κ3) is 5.06. The van der Waals surface area contributed by atoms with E-state index < -0.39 is 0 Å². The lowest BCUT2D eigenvalue weighted by Crippen LogP contribution is -2.25. The molecule has 1 fully saturated rings. The highest BCUT2D eigenvalue weighted by Gasteiger charge is 2.09. The van der Waals surface area contributed by atoms with Crippen molar-refractivity contribution in [1.82, 2.24) is 4.90 Å². The highest BCUT2D eigenvalue weighted by molar-refractivity contribution is 5.85. The van der Waals surface area contributed by atoms with Gasteiger partial charge in [-0.15, -0.1) is 24.8 Å². The molecule has 0 aromatic heterocycles. The molecule has 1 saturated heterocycles. The van der Waals surface area contributed by atoms with Crippen molar-refractivity contribution in [3.05, 3.63) is 30.3 Å². The largest absolute Gasteiger partial charge is 0.384 e. The lowest BCUT2D eigenvalue weighted by atomic mass is 10.3. The summed E-state index contributed by atoms with van der Waals surface area (Å²) >= 11 is 0. The lowest BCUT2D eigenvalue weighted by molar-refractivity contribution is 0.352. The Morgan fingerprint density at radius 2 is 1.62 bits per heavy atom. The maximum Gasteiger partial charge on any atom is 0.0340 e. The van der Waals surface area contributed by atoms with Crippen LogP contribution >= 0.6 is 24.8 Å². The molecule has 92 valence electrons. The van der Waals surface area contributed by atoms with Crippen molar-refractivity contribution < 1.29 is 0 Å². The first kappa shape index (κ1) is 15.6. The summed E-state index contributed by atoms with van der Waals surface area (Å²) in [6, 6.07) is 10.4. The number of likely N-dealkylation sites (tertiary alicyclic amines) is 1. The Hall–Kier alpha value is -0.440. The van der Waals surface area contributed by atoms with Gasteiger partial charge in [0.1, 0.15) is 0 Å². The molecule has 0 saturated carbocycles. The van der Waals surface area contributed by atoms with E-state index in [4.69, 9.17) is 0 Å². The van der Waals surface area contributed by atoms with Crippen LogP contribution in [0.15, 0.2) is 30.3 Å². The number of nitrogens with zero attached hydrogens (tertiary/aromatic N) is 1. The summed E-state index contributed by atoms with van der Waals surface area (Å²) in [4.78, 5) is 2.52. The first-order valence-corrected chi connectivity index (χ1v) is 5.46. The van der Waals surface area contributed by atoms with Crippen molar-refractivity contribution in [2.75, 3.05) is 31.5 Å². The first-order valence-electron chi connectivity index (χ1n) is 5.46. The minimum Gasteiger partial charge on any atom is -0.384 e. The minimum atomic E-state index is 0. The quantitative estimate of drug-likeness (QED) is 0.898.